The van der Waals surface area contributed by atoms with Gasteiger partial charge < -0.3 is 25.5 Å². The summed E-state index contributed by atoms with van der Waals surface area (Å²) < 4.78 is 54.2. The van der Waals surface area contributed by atoms with Gasteiger partial charge in [0.15, 0.2) is 0 Å². The Morgan fingerprint density at radius 3 is 1.18 bits per heavy atom. The van der Waals surface area contributed by atoms with Crippen LogP contribution in [0.2, 0.25) is 0 Å². The first-order chi connectivity index (χ1) is 15.3. The van der Waals surface area contributed by atoms with E-state index in [-0.39, 0.29) is 39.2 Å². The molecule has 39 heavy (non-hydrogen) atoms. The van der Waals surface area contributed by atoms with Crippen LogP contribution in [0.5, 0.6) is 0 Å². The van der Waals surface area contributed by atoms with Crippen molar-refractivity contribution in [1.29, 1.82) is 0 Å². The molecule has 0 aromatic carbocycles. The van der Waals surface area contributed by atoms with E-state index in [0.29, 0.717) is 23.7 Å². The third-order valence-corrected chi connectivity index (χ3v) is 6.94. The molecule has 0 N–H and O–H groups in total. The largest absolute Gasteiger partial charge is 0.778 e. The highest BCUT2D eigenvalue weighted by Crippen LogP contribution is 2.21. The predicted molar refractivity (Wildman–Crippen MR) is 177 cm³/mol. The van der Waals surface area contributed by atoms with Crippen LogP contribution in [0.25, 0.3) is 0 Å². The Morgan fingerprint density at radius 1 is 0.641 bits per heavy atom. The average molecular weight is 605 g/mol. The first kappa shape index (κ1) is 51.4. The molecular formula is C30H72N2O5S2. The second-order valence-corrected chi connectivity index (χ2v) is 18.8. The van der Waals surface area contributed by atoms with Gasteiger partial charge in [0.05, 0.1) is 65.0 Å². The molecule has 0 saturated heterocycles. The summed E-state index contributed by atoms with van der Waals surface area (Å²) in [7, 11) is 3.98. The minimum absolute atomic E-state index is 0. The summed E-state index contributed by atoms with van der Waals surface area (Å²) in [6, 6.07) is 0. The first-order valence-electron chi connectivity index (χ1n) is 12.9. The van der Waals surface area contributed by atoms with Gasteiger partial charge in [0.2, 0.25) is 0 Å². The zero-order valence-electron chi connectivity index (χ0n) is 28.3. The maximum absolute atomic E-state index is 10.9. The van der Waals surface area contributed by atoms with Crippen molar-refractivity contribution < 1.29 is 30.7 Å². The normalized spacial score (nSPS) is 14.1. The van der Waals surface area contributed by atoms with Crippen LogP contribution < -0.4 is 0 Å². The molecule has 0 aliphatic rings. The maximum atomic E-state index is 10.9. The topological polar surface area (TPSA) is 97.3 Å². The molecule has 0 aliphatic heterocycles. The van der Waals surface area contributed by atoms with Gasteiger partial charge in [-0.2, -0.15) is 0 Å². The Kier molecular flexibility index (Phi) is 26.0. The molecular weight excluding hydrogens is 532 g/mol. The van der Waals surface area contributed by atoms with Crippen LogP contribution in [0.4, 0.5) is 0 Å². The van der Waals surface area contributed by atoms with Crippen molar-refractivity contribution in [1.82, 2.24) is 0 Å². The molecule has 7 nitrogen and oxygen atoms in total. The van der Waals surface area contributed by atoms with Gasteiger partial charge in [0, 0.05) is 38.2 Å². The van der Waals surface area contributed by atoms with Crippen LogP contribution in [-0.2, 0) is 19.9 Å². The number of quaternary nitrogens is 2. The van der Waals surface area contributed by atoms with E-state index in [1.807, 2.05) is 20.8 Å². The smallest absolute Gasteiger partial charge is 0.0946 e. The van der Waals surface area contributed by atoms with Crippen LogP contribution in [-0.4, -0.2) is 103 Å². The second-order valence-electron chi connectivity index (χ2n) is 15.4. The Labute approximate surface area is 248 Å². The molecule has 0 fully saturated rings. The van der Waals surface area contributed by atoms with Gasteiger partial charge in [-0.05, 0) is 22.7 Å². The Morgan fingerprint density at radius 2 is 0.974 bits per heavy atom. The Bertz CT molecular complexity index is 778. The van der Waals surface area contributed by atoms with E-state index in [1.54, 1.807) is 0 Å². The van der Waals surface area contributed by atoms with E-state index >= 15 is 0 Å². The standard InChI is InChI=1S/C12H27NO2S.C9H22N.C6H14O3S.CH4.2CH3/c1-12(2,3)8-10-13(4,5)9-7-11-16(6,14)15;1-9(2,3)7-8-10(4,5)6;1-6(2,3)4-5-10(7,8)9;;;/h6-11H2,1-5H3;7-8H2,1-6H3;4-5H2,1-3H3,(H,7,8,9);1H4;2*1H3/q;+1;;;-1;+1/p-1. The SMILES string of the molecule is C.C=S(=O)([O-])CCC[N+](C)(C)CCC(C)(C)C.CC(C)(C)CCS(=O)(=O)[O-].CC(C)(C)CC[N+](C)(C)C.[CH3+].[CH3-]. The second kappa shape index (κ2) is 19.7. The molecule has 9 heteroatoms. The van der Waals surface area contributed by atoms with Crippen molar-refractivity contribution in [2.75, 3.05) is 66.4 Å². The van der Waals surface area contributed by atoms with Crippen LogP contribution in [0.3, 0.4) is 0 Å². The van der Waals surface area contributed by atoms with Gasteiger partial charge in [-0.1, -0.05) is 85.4 Å². The highest BCUT2D eigenvalue weighted by Gasteiger charge is 2.19. The molecule has 0 saturated carbocycles. The fourth-order valence-corrected chi connectivity index (χ4v) is 4.00. The molecule has 244 valence electrons. The highest BCUT2D eigenvalue weighted by atomic mass is 32.2. The fourth-order valence-electron chi connectivity index (χ4n) is 2.56. The zero-order chi connectivity index (χ0) is 29.9. The van der Waals surface area contributed by atoms with Crippen molar-refractivity contribution in [3.8, 4) is 0 Å². The first-order valence-corrected chi connectivity index (χ1v) is 16.3. The molecule has 0 aromatic rings. The average Bonchev–Trinajstić information content (AvgIpc) is 2.54. The molecule has 0 bridgehead atoms. The van der Waals surface area contributed by atoms with Crippen molar-refractivity contribution >= 4 is 25.8 Å². The lowest BCUT2D eigenvalue weighted by molar-refractivity contribution is -0.891. The lowest BCUT2D eigenvalue weighted by Gasteiger charge is -2.33. The number of hydrogen-bond acceptors (Lipinski definition) is 5. The van der Waals surface area contributed by atoms with Crippen LogP contribution >= 0.6 is 0 Å². The van der Waals surface area contributed by atoms with E-state index in [1.165, 1.54) is 13.0 Å². The number of hydrogen-bond donors (Lipinski definition) is 0. The summed E-state index contributed by atoms with van der Waals surface area (Å²) in [5.74, 6) is 3.09. The molecule has 1 atom stereocenters. The van der Waals surface area contributed by atoms with E-state index in [0.717, 1.165) is 28.5 Å². The van der Waals surface area contributed by atoms with Crippen molar-refractivity contribution in [2.24, 2.45) is 16.2 Å². The lowest BCUT2D eigenvalue weighted by atomic mass is 9.92. The summed E-state index contributed by atoms with van der Waals surface area (Å²) in [5, 5.41) is 0. The Balaban J connectivity index is -0.000000105. The summed E-state index contributed by atoms with van der Waals surface area (Å²) in [6.07, 6.45) is 3.58. The van der Waals surface area contributed by atoms with E-state index in [2.05, 4.69) is 82.7 Å². The van der Waals surface area contributed by atoms with Gasteiger partial charge in [-0.25, -0.2) is 8.42 Å². The van der Waals surface area contributed by atoms with Crippen molar-refractivity contribution in [2.45, 2.75) is 95.4 Å². The quantitative estimate of drug-likeness (QED) is 0.125. The van der Waals surface area contributed by atoms with Gasteiger partial charge in [0.1, 0.15) is 0 Å². The van der Waals surface area contributed by atoms with Crippen LogP contribution in [0.1, 0.15) is 95.4 Å². The zero-order valence-corrected chi connectivity index (χ0v) is 30.0. The number of rotatable bonds is 10. The van der Waals surface area contributed by atoms with Crippen molar-refractivity contribution in [3.05, 3.63) is 14.9 Å². The molecule has 0 spiro atoms. The molecule has 0 aliphatic carbocycles. The highest BCUT2D eigenvalue weighted by molar-refractivity contribution is 7.94. The van der Waals surface area contributed by atoms with E-state index < -0.39 is 19.9 Å². The summed E-state index contributed by atoms with van der Waals surface area (Å²) in [4.78, 5) is 0. The fraction of sp³-hybridized carbons (Fsp3) is 0.900. The maximum Gasteiger partial charge on any atom is 0.0946 e. The van der Waals surface area contributed by atoms with Gasteiger partial charge in [0.25, 0.3) is 0 Å². The minimum Gasteiger partial charge on any atom is -0.778 e. The van der Waals surface area contributed by atoms with Crippen LogP contribution in [0, 0.1) is 31.1 Å². The molecule has 0 radical (unpaired) electrons. The summed E-state index contributed by atoms with van der Waals surface area (Å²) >= 11 is 0. The molecule has 0 rings (SSSR count). The van der Waals surface area contributed by atoms with Gasteiger partial charge >= 0.3 is 0 Å². The third-order valence-electron chi connectivity index (χ3n) is 5.32. The third kappa shape index (κ3) is 58.3. The Hall–Kier alpha value is -0.320. The molecule has 1 unspecified atom stereocenters. The molecule has 0 heterocycles. The van der Waals surface area contributed by atoms with E-state index in [9.17, 15) is 21.7 Å². The minimum atomic E-state index is -4.01. The predicted octanol–water partition coefficient (Wildman–Crippen LogP) is 6.37. The number of nitrogens with zero attached hydrogens (tertiary/aromatic N) is 2. The lowest BCUT2D eigenvalue weighted by Crippen LogP contribution is -2.43. The van der Waals surface area contributed by atoms with Crippen molar-refractivity contribution in [3.63, 3.8) is 0 Å². The monoisotopic (exact) mass is 604 g/mol. The summed E-state index contributed by atoms with van der Waals surface area (Å²) in [6.45, 7) is 22.5. The molecule has 0 aromatic heterocycles. The molecule has 0 amide bonds. The van der Waals surface area contributed by atoms with Crippen LogP contribution in [0.15, 0.2) is 0 Å². The summed E-state index contributed by atoms with van der Waals surface area (Å²) in [5.41, 5.74) is 0.761. The van der Waals surface area contributed by atoms with Gasteiger partial charge in [-0.15, -0.1) is 0 Å². The van der Waals surface area contributed by atoms with Gasteiger partial charge in [-0.3, -0.25) is 4.21 Å². The van der Waals surface area contributed by atoms with E-state index in [4.69, 9.17) is 0 Å².